The monoisotopic (exact) mass is 415 g/mol. The SMILES string of the molecule is CC.Cc1ccc(-c2nnc3c4ccccc4c4cc(-c5ccccc5)ccc4n23)cc1. The van der Waals surface area contributed by atoms with Crippen LogP contribution in [0.1, 0.15) is 19.4 Å². The van der Waals surface area contributed by atoms with Crippen molar-refractivity contribution in [2.75, 3.05) is 0 Å². The number of hydrogen-bond donors (Lipinski definition) is 0. The summed E-state index contributed by atoms with van der Waals surface area (Å²) in [6.07, 6.45) is 0. The Bertz CT molecular complexity index is 1530. The Kier molecular flexibility index (Phi) is 5.16. The topological polar surface area (TPSA) is 30.2 Å². The number of fused-ring (bicyclic) bond motifs is 6. The van der Waals surface area contributed by atoms with E-state index in [1.807, 2.05) is 13.8 Å². The lowest BCUT2D eigenvalue weighted by Crippen LogP contribution is -1.95. The Labute approximate surface area is 188 Å². The van der Waals surface area contributed by atoms with Gasteiger partial charge in [-0.15, -0.1) is 10.2 Å². The molecule has 2 aromatic heterocycles. The highest BCUT2D eigenvalue weighted by atomic mass is 15.2. The van der Waals surface area contributed by atoms with Crippen molar-refractivity contribution in [3.8, 4) is 22.5 Å². The number of nitrogens with zero attached hydrogens (tertiary/aromatic N) is 3. The van der Waals surface area contributed by atoms with Crippen LogP contribution in [0.5, 0.6) is 0 Å². The summed E-state index contributed by atoms with van der Waals surface area (Å²) in [5.74, 6) is 0.869. The van der Waals surface area contributed by atoms with Gasteiger partial charge in [0.1, 0.15) is 0 Å². The highest BCUT2D eigenvalue weighted by Gasteiger charge is 2.16. The molecule has 0 bridgehead atoms. The van der Waals surface area contributed by atoms with Gasteiger partial charge in [-0.3, -0.25) is 4.40 Å². The number of pyridine rings is 1. The average Bonchev–Trinajstić information content (AvgIpc) is 3.32. The van der Waals surface area contributed by atoms with Crippen molar-refractivity contribution in [1.29, 1.82) is 0 Å². The first-order valence-electron chi connectivity index (χ1n) is 11.1. The summed E-state index contributed by atoms with van der Waals surface area (Å²) in [5, 5.41) is 12.7. The minimum Gasteiger partial charge on any atom is -0.274 e. The maximum Gasteiger partial charge on any atom is 0.169 e. The van der Waals surface area contributed by atoms with Crippen LogP contribution in [0.3, 0.4) is 0 Å². The Morgan fingerprint density at radius 2 is 1.22 bits per heavy atom. The van der Waals surface area contributed by atoms with Crippen LogP contribution in [0.15, 0.2) is 97.1 Å². The van der Waals surface area contributed by atoms with Gasteiger partial charge in [-0.1, -0.05) is 104 Å². The zero-order valence-electron chi connectivity index (χ0n) is 18.6. The van der Waals surface area contributed by atoms with Gasteiger partial charge in [0.05, 0.1) is 5.52 Å². The molecule has 0 fully saturated rings. The first-order valence-corrected chi connectivity index (χ1v) is 11.1. The van der Waals surface area contributed by atoms with E-state index in [9.17, 15) is 0 Å². The van der Waals surface area contributed by atoms with Crippen molar-refractivity contribution in [3.05, 3.63) is 103 Å². The number of hydrogen-bond acceptors (Lipinski definition) is 2. The second-order valence-electron chi connectivity index (χ2n) is 7.69. The molecule has 0 saturated heterocycles. The highest BCUT2D eigenvalue weighted by Crippen LogP contribution is 2.34. The Morgan fingerprint density at radius 3 is 1.97 bits per heavy atom. The molecule has 32 heavy (non-hydrogen) atoms. The number of benzene rings is 4. The molecular weight excluding hydrogens is 390 g/mol. The fraction of sp³-hybridized carbons (Fsp3) is 0.103. The van der Waals surface area contributed by atoms with Gasteiger partial charge in [-0.05, 0) is 35.6 Å². The van der Waals surface area contributed by atoms with Gasteiger partial charge in [-0.2, -0.15) is 0 Å². The normalized spacial score (nSPS) is 11.0. The average molecular weight is 416 g/mol. The maximum atomic E-state index is 4.59. The van der Waals surface area contributed by atoms with Crippen LogP contribution >= 0.6 is 0 Å². The van der Waals surface area contributed by atoms with Crippen LogP contribution in [0.4, 0.5) is 0 Å². The van der Waals surface area contributed by atoms with Crippen LogP contribution in [0, 0.1) is 6.92 Å². The second-order valence-corrected chi connectivity index (χ2v) is 7.69. The molecule has 0 N–H and O–H groups in total. The Hall–Kier alpha value is -3.98. The molecule has 0 aliphatic heterocycles. The molecule has 156 valence electrons. The van der Waals surface area contributed by atoms with Gasteiger partial charge in [0.2, 0.25) is 0 Å². The predicted octanol–water partition coefficient (Wildman–Crippen LogP) is 7.70. The van der Waals surface area contributed by atoms with Gasteiger partial charge in [0, 0.05) is 16.3 Å². The molecule has 4 aromatic carbocycles. The third kappa shape index (κ3) is 3.23. The summed E-state index contributed by atoms with van der Waals surface area (Å²) >= 11 is 0. The quantitative estimate of drug-likeness (QED) is 0.271. The van der Waals surface area contributed by atoms with E-state index in [2.05, 4.69) is 119 Å². The van der Waals surface area contributed by atoms with Crippen molar-refractivity contribution in [1.82, 2.24) is 14.6 Å². The molecule has 0 amide bonds. The summed E-state index contributed by atoms with van der Waals surface area (Å²) in [6, 6.07) is 34.1. The number of rotatable bonds is 2. The molecule has 0 saturated carbocycles. The van der Waals surface area contributed by atoms with E-state index in [0.29, 0.717) is 0 Å². The van der Waals surface area contributed by atoms with Crippen LogP contribution in [-0.2, 0) is 0 Å². The standard InChI is InChI=1S/C27H19N3.C2H6/c1-18-11-13-20(14-12-18)26-28-29-27-23-10-6-5-9-22(23)24-17-21(15-16-25(24)30(26)27)19-7-3-2-4-8-19;1-2/h2-17H,1H3;1-2H3. The number of aryl methyl sites for hydroxylation is 1. The Balaban J connectivity index is 0.00000105. The lowest BCUT2D eigenvalue weighted by Gasteiger charge is -2.11. The summed E-state index contributed by atoms with van der Waals surface area (Å²) < 4.78 is 2.19. The van der Waals surface area contributed by atoms with Gasteiger partial charge >= 0.3 is 0 Å². The van der Waals surface area contributed by atoms with Crippen molar-refractivity contribution in [2.45, 2.75) is 20.8 Å². The lowest BCUT2D eigenvalue weighted by molar-refractivity contribution is 1.12. The molecule has 6 aromatic rings. The summed E-state index contributed by atoms with van der Waals surface area (Å²) in [6.45, 7) is 6.10. The molecule has 0 aliphatic carbocycles. The molecule has 0 unspecified atom stereocenters. The predicted molar refractivity (Wildman–Crippen MR) is 135 cm³/mol. The van der Waals surface area contributed by atoms with Crippen LogP contribution < -0.4 is 0 Å². The van der Waals surface area contributed by atoms with E-state index in [4.69, 9.17) is 0 Å². The van der Waals surface area contributed by atoms with E-state index in [0.717, 1.165) is 27.9 Å². The smallest absolute Gasteiger partial charge is 0.169 e. The molecule has 0 aliphatic rings. The van der Waals surface area contributed by atoms with Crippen LogP contribution in [0.25, 0.3) is 49.8 Å². The van der Waals surface area contributed by atoms with Gasteiger partial charge in [-0.25, -0.2) is 0 Å². The molecule has 6 rings (SSSR count). The largest absolute Gasteiger partial charge is 0.274 e. The lowest BCUT2D eigenvalue weighted by atomic mass is 9.99. The summed E-state index contributed by atoms with van der Waals surface area (Å²) in [4.78, 5) is 0. The highest BCUT2D eigenvalue weighted by molar-refractivity contribution is 6.13. The number of aromatic nitrogens is 3. The van der Waals surface area contributed by atoms with E-state index in [1.165, 1.54) is 27.5 Å². The Morgan fingerprint density at radius 1 is 0.562 bits per heavy atom. The molecule has 0 spiro atoms. The molecule has 3 heteroatoms. The first-order chi connectivity index (χ1) is 15.8. The van der Waals surface area contributed by atoms with Gasteiger partial charge in [0.15, 0.2) is 11.5 Å². The molecule has 0 radical (unpaired) electrons. The van der Waals surface area contributed by atoms with Gasteiger partial charge in [0.25, 0.3) is 0 Å². The third-order valence-corrected chi connectivity index (χ3v) is 5.78. The van der Waals surface area contributed by atoms with Crippen molar-refractivity contribution in [3.63, 3.8) is 0 Å². The van der Waals surface area contributed by atoms with E-state index < -0.39 is 0 Å². The molecule has 3 nitrogen and oxygen atoms in total. The van der Waals surface area contributed by atoms with Crippen molar-refractivity contribution in [2.24, 2.45) is 0 Å². The molecular formula is C29H25N3. The van der Waals surface area contributed by atoms with E-state index in [-0.39, 0.29) is 0 Å². The third-order valence-electron chi connectivity index (χ3n) is 5.78. The summed E-state index contributed by atoms with van der Waals surface area (Å²) in [7, 11) is 0. The van der Waals surface area contributed by atoms with Crippen LogP contribution in [-0.4, -0.2) is 14.6 Å². The van der Waals surface area contributed by atoms with Crippen molar-refractivity contribution < 1.29 is 0 Å². The van der Waals surface area contributed by atoms with Crippen molar-refractivity contribution >= 4 is 27.3 Å². The van der Waals surface area contributed by atoms with Crippen LogP contribution in [0.2, 0.25) is 0 Å². The maximum absolute atomic E-state index is 4.59. The zero-order chi connectivity index (χ0) is 22.1. The minimum absolute atomic E-state index is 0.869. The van der Waals surface area contributed by atoms with Gasteiger partial charge < -0.3 is 0 Å². The minimum atomic E-state index is 0.869. The fourth-order valence-electron chi connectivity index (χ4n) is 4.25. The molecule has 2 heterocycles. The second kappa shape index (κ2) is 8.27. The zero-order valence-corrected chi connectivity index (χ0v) is 18.6. The fourth-order valence-corrected chi connectivity index (χ4v) is 4.25. The van der Waals surface area contributed by atoms with E-state index in [1.54, 1.807) is 0 Å². The molecule has 0 atom stereocenters. The van der Waals surface area contributed by atoms with E-state index >= 15 is 0 Å². The summed E-state index contributed by atoms with van der Waals surface area (Å²) in [5.41, 5.74) is 6.72. The first kappa shape index (κ1) is 20.0.